The van der Waals surface area contributed by atoms with Gasteiger partial charge >= 0.3 is 0 Å². The topological polar surface area (TPSA) is 33.1 Å². The molecular formula is C8H5BrFNO. The maximum Gasteiger partial charge on any atom is 0.220 e. The smallest absolute Gasteiger partial charge is 0.220 e. The first-order valence-corrected chi connectivity index (χ1v) is 3.89. The molecule has 1 N–H and O–H groups in total. The molecule has 1 heterocycles. The van der Waals surface area contributed by atoms with Crippen LogP contribution in [0.2, 0.25) is 0 Å². The zero-order valence-corrected chi connectivity index (χ0v) is 7.55. The van der Waals surface area contributed by atoms with Crippen LogP contribution >= 0.6 is 15.9 Å². The Morgan fingerprint density at radius 3 is 3.08 bits per heavy atom. The number of rotatable bonds is 1. The fourth-order valence-electron chi connectivity index (χ4n) is 0.667. The molecule has 0 unspecified atom stereocenters. The van der Waals surface area contributed by atoms with Gasteiger partial charge in [-0.15, -0.1) is 0 Å². The van der Waals surface area contributed by atoms with Crippen molar-refractivity contribution in [3.63, 3.8) is 0 Å². The molecule has 0 bridgehead atoms. The summed E-state index contributed by atoms with van der Waals surface area (Å²) < 4.78 is 13.5. The van der Waals surface area contributed by atoms with E-state index in [2.05, 4.69) is 26.6 Å². The second-order valence-electron chi connectivity index (χ2n) is 1.97. The molecule has 0 radical (unpaired) electrons. The summed E-state index contributed by atoms with van der Waals surface area (Å²) >= 11 is 3.14. The van der Waals surface area contributed by atoms with Crippen molar-refractivity contribution in [1.29, 1.82) is 0 Å². The van der Waals surface area contributed by atoms with Gasteiger partial charge in [-0.2, -0.15) is 4.39 Å². The Morgan fingerprint density at radius 1 is 1.67 bits per heavy atom. The third-order valence-corrected chi connectivity index (χ3v) is 1.58. The number of pyridine rings is 1. The van der Waals surface area contributed by atoms with Crippen molar-refractivity contribution in [2.75, 3.05) is 0 Å². The van der Waals surface area contributed by atoms with Gasteiger partial charge in [-0.1, -0.05) is 5.73 Å². The number of hydrogen-bond acceptors (Lipinski definition) is 2. The van der Waals surface area contributed by atoms with Crippen LogP contribution in [0.1, 0.15) is 5.56 Å². The number of halogens is 2. The fourth-order valence-corrected chi connectivity index (χ4v) is 1.02. The molecule has 0 saturated carbocycles. The van der Waals surface area contributed by atoms with E-state index in [9.17, 15) is 4.39 Å². The molecule has 0 aliphatic heterocycles. The van der Waals surface area contributed by atoms with E-state index < -0.39 is 5.95 Å². The summed E-state index contributed by atoms with van der Waals surface area (Å²) in [4.78, 5) is 3.45. The normalized spacial score (nSPS) is 8.83. The zero-order valence-electron chi connectivity index (χ0n) is 5.96. The molecule has 0 amide bonds. The van der Waals surface area contributed by atoms with Gasteiger partial charge in [-0.05, 0) is 28.1 Å². The number of aliphatic hydroxyl groups excluding tert-OH is 1. The van der Waals surface area contributed by atoms with Gasteiger partial charge in [0, 0.05) is 16.2 Å². The zero-order chi connectivity index (χ0) is 8.97. The van der Waals surface area contributed by atoms with Gasteiger partial charge < -0.3 is 5.11 Å². The van der Waals surface area contributed by atoms with Gasteiger partial charge in [0.1, 0.15) is 6.26 Å². The number of hydrogen-bond donors (Lipinski definition) is 1. The van der Waals surface area contributed by atoms with Gasteiger partial charge in [-0.3, -0.25) is 0 Å². The SMILES string of the molecule is OC=C=Cc1cc(Br)cnc1F. The highest BCUT2D eigenvalue weighted by Gasteiger charge is 1.99. The highest BCUT2D eigenvalue weighted by Crippen LogP contribution is 2.13. The number of aromatic nitrogens is 1. The van der Waals surface area contributed by atoms with Crippen molar-refractivity contribution >= 4 is 22.0 Å². The Balaban J connectivity index is 3.14. The molecule has 0 atom stereocenters. The molecule has 0 aliphatic rings. The predicted molar refractivity (Wildman–Crippen MR) is 47.1 cm³/mol. The van der Waals surface area contributed by atoms with Gasteiger partial charge in [0.25, 0.3) is 0 Å². The van der Waals surface area contributed by atoms with E-state index in [-0.39, 0.29) is 5.56 Å². The summed E-state index contributed by atoms with van der Waals surface area (Å²) in [5.74, 6) is -0.590. The van der Waals surface area contributed by atoms with E-state index in [0.29, 0.717) is 10.7 Å². The van der Waals surface area contributed by atoms with E-state index in [0.717, 1.165) is 0 Å². The van der Waals surface area contributed by atoms with Crippen molar-refractivity contribution in [3.8, 4) is 0 Å². The Labute approximate surface area is 77.2 Å². The van der Waals surface area contributed by atoms with Crippen LogP contribution in [0.4, 0.5) is 4.39 Å². The molecule has 0 spiro atoms. The number of aliphatic hydroxyl groups is 1. The molecule has 2 nitrogen and oxygen atoms in total. The van der Waals surface area contributed by atoms with E-state index in [1.165, 1.54) is 12.3 Å². The third kappa shape index (κ3) is 2.19. The lowest BCUT2D eigenvalue weighted by atomic mass is 10.3. The maximum absolute atomic E-state index is 12.8. The monoisotopic (exact) mass is 229 g/mol. The molecule has 0 aliphatic carbocycles. The lowest BCUT2D eigenvalue weighted by Gasteiger charge is -1.93. The van der Waals surface area contributed by atoms with Crippen LogP contribution in [0.5, 0.6) is 0 Å². The summed E-state index contributed by atoms with van der Waals surface area (Å²) in [7, 11) is 0. The maximum atomic E-state index is 12.8. The van der Waals surface area contributed by atoms with Crippen molar-refractivity contribution in [2.45, 2.75) is 0 Å². The summed E-state index contributed by atoms with van der Waals surface area (Å²) in [5, 5.41) is 8.27. The number of nitrogens with zero attached hydrogens (tertiary/aromatic N) is 1. The summed E-state index contributed by atoms with van der Waals surface area (Å²) in [6.07, 6.45) is 3.36. The van der Waals surface area contributed by atoms with E-state index in [1.807, 2.05) is 0 Å². The van der Waals surface area contributed by atoms with Crippen molar-refractivity contribution < 1.29 is 9.50 Å². The average Bonchev–Trinajstić information content (AvgIpc) is 2.07. The molecule has 1 aromatic rings. The molecule has 0 aromatic carbocycles. The van der Waals surface area contributed by atoms with Crippen LogP contribution in [0, 0.1) is 5.95 Å². The van der Waals surface area contributed by atoms with E-state index in [1.54, 1.807) is 6.07 Å². The van der Waals surface area contributed by atoms with Crippen LogP contribution in [0.25, 0.3) is 6.08 Å². The van der Waals surface area contributed by atoms with Gasteiger partial charge in [0.15, 0.2) is 0 Å². The minimum absolute atomic E-state index is 0.273. The lowest BCUT2D eigenvalue weighted by Crippen LogP contribution is -1.86. The Morgan fingerprint density at radius 2 is 2.42 bits per heavy atom. The summed E-state index contributed by atoms with van der Waals surface area (Å²) in [6.45, 7) is 0. The van der Waals surface area contributed by atoms with E-state index in [4.69, 9.17) is 5.11 Å². The summed E-state index contributed by atoms with van der Waals surface area (Å²) in [5.41, 5.74) is 2.61. The molecule has 62 valence electrons. The first kappa shape index (κ1) is 8.97. The largest absolute Gasteiger partial charge is 0.507 e. The molecule has 4 heteroatoms. The fraction of sp³-hybridized carbons (Fsp3) is 0. The lowest BCUT2D eigenvalue weighted by molar-refractivity contribution is 0.475. The van der Waals surface area contributed by atoms with Crippen molar-refractivity contribution in [2.24, 2.45) is 0 Å². The quantitative estimate of drug-likeness (QED) is 0.457. The third-order valence-electron chi connectivity index (χ3n) is 1.15. The molecule has 0 fully saturated rings. The van der Waals surface area contributed by atoms with Gasteiger partial charge in [0.2, 0.25) is 5.95 Å². The molecule has 1 rings (SSSR count). The van der Waals surface area contributed by atoms with Crippen LogP contribution in [0.3, 0.4) is 0 Å². The van der Waals surface area contributed by atoms with Crippen molar-refractivity contribution in [1.82, 2.24) is 4.98 Å². The molecular weight excluding hydrogens is 225 g/mol. The summed E-state index contributed by atoms with van der Waals surface area (Å²) in [6, 6.07) is 1.54. The highest BCUT2D eigenvalue weighted by atomic mass is 79.9. The van der Waals surface area contributed by atoms with Gasteiger partial charge in [-0.25, -0.2) is 4.98 Å². The van der Waals surface area contributed by atoms with Crippen LogP contribution in [0.15, 0.2) is 28.7 Å². The van der Waals surface area contributed by atoms with Crippen LogP contribution in [-0.2, 0) is 0 Å². The predicted octanol–water partition coefficient (Wildman–Crippen LogP) is 2.67. The Bertz CT molecular complexity index is 345. The second kappa shape index (κ2) is 4.04. The molecule has 0 saturated heterocycles. The minimum atomic E-state index is -0.590. The minimum Gasteiger partial charge on any atom is -0.507 e. The average molecular weight is 230 g/mol. The first-order chi connectivity index (χ1) is 5.74. The Kier molecular flexibility index (Phi) is 3.02. The van der Waals surface area contributed by atoms with Crippen molar-refractivity contribution in [3.05, 3.63) is 40.2 Å². The first-order valence-electron chi connectivity index (χ1n) is 3.10. The molecule has 1 aromatic heterocycles. The van der Waals surface area contributed by atoms with Crippen LogP contribution in [-0.4, -0.2) is 10.1 Å². The van der Waals surface area contributed by atoms with E-state index >= 15 is 0 Å². The second-order valence-corrected chi connectivity index (χ2v) is 2.89. The molecule has 12 heavy (non-hydrogen) atoms. The highest BCUT2D eigenvalue weighted by molar-refractivity contribution is 9.10. The Hall–Kier alpha value is -1.12. The standard InChI is InChI=1S/C8H5BrFNO/c9-7-4-6(2-1-3-12)8(10)11-5-7/h2-5,12H. The van der Waals surface area contributed by atoms with Crippen LogP contribution < -0.4 is 0 Å². The van der Waals surface area contributed by atoms with Gasteiger partial charge in [0.05, 0.1) is 0 Å².